The van der Waals surface area contributed by atoms with Gasteiger partial charge in [-0.15, -0.1) is 0 Å². The topological polar surface area (TPSA) is 42.0 Å². The highest BCUT2D eigenvalue weighted by atomic mass is 16.1. The molecule has 3 rings (SSSR count). The van der Waals surface area contributed by atoms with Crippen molar-refractivity contribution in [2.45, 2.75) is 26.3 Å². The third kappa shape index (κ3) is 4.32. The summed E-state index contributed by atoms with van der Waals surface area (Å²) < 4.78 is 0. The van der Waals surface area contributed by atoms with Crippen molar-refractivity contribution in [1.29, 1.82) is 0 Å². The van der Waals surface area contributed by atoms with E-state index in [1.807, 2.05) is 42.6 Å². The molecule has 126 valence electrons. The third-order valence-corrected chi connectivity index (χ3v) is 4.24. The number of carbonyl (C=O) groups excluding carboxylic acids is 1. The molecule has 0 radical (unpaired) electrons. The molecular weight excluding hydrogens is 308 g/mol. The Morgan fingerprint density at radius 2 is 1.68 bits per heavy atom. The van der Waals surface area contributed by atoms with Crippen molar-refractivity contribution in [2.24, 2.45) is 0 Å². The van der Waals surface area contributed by atoms with Gasteiger partial charge in [-0.3, -0.25) is 9.78 Å². The molecule has 0 unspecified atom stereocenters. The summed E-state index contributed by atoms with van der Waals surface area (Å²) in [5.41, 5.74) is 5.16. The minimum absolute atomic E-state index is 0.0642. The van der Waals surface area contributed by atoms with Crippen LogP contribution < -0.4 is 5.32 Å². The van der Waals surface area contributed by atoms with Crippen LogP contribution in [-0.2, 0) is 6.54 Å². The predicted molar refractivity (Wildman–Crippen MR) is 101 cm³/mol. The van der Waals surface area contributed by atoms with E-state index in [4.69, 9.17) is 0 Å². The molecule has 0 aliphatic heterocycles. The van der Waals surface area contributed by atoms with Gasteiger partial charge in [0, 0.05) is 24.5 Å². The molecule has 0 aliphatic carbocycles. The SMILES string of the molecule is CC(C)c1ccc(CNC(=O)c2ccc(-c3cccnc3)cc2)cc1. The van der Waals surface area contributed by atoms with Crippen LogP contribution in [0.2, 0.25) is 0 Å². The molecule has 25 heavy (non-hydrogen) atoms. The van der Waals surface area contributed by atoms with Gasteiger partial charge in [-0.25, -0.2) is 0 Å². The number of nitrogens with one attached hydrogen (secondary N) is 1. The summed E-state index contributed by atoms with van der Waals surface area (Å²) in [5.74, 6) is 0.452. The Morgan fingerprint density at radius 1 is 0.960 bits per heavy atom. The quantitative estimate of drug-likeness (QED) is 0.730. The highest BCUT2D eigenvalue weighted by Gasteiger charge is 2.06. The average Bonchev–Trinajstić information content (AvgIpc) is 2.67. The van der Waals surface area contributed by atoms with E-state index in [-0.39, 0.29) is 5.91 Å². The summed E-state index contributed by atoms with van der Waals surface area (Å²) >= 11 is 0. The van der Waals surface area contributed by atoms with E-state index < -0.39 is 0 Å². The van der Waals surface area contributed by atoms with Crippen molar-refractivity contribution in [3.8, 4) is 11.1 Å². The normalized spacial score (nSPS) is 10.7. The zero-order chi connectivity index (χ0) is 17.6. The number of hydrogen-bond acceptors (Lipinski definition) is 2. The maximum absolute atomic E-state index is 12.3. The summed E-state index contributed by atoms with van der Waals surface area (Å²) in [6, 6.07) is 19.9. The molecule has 0 fully saturated rings. The molecule has 1 amide bonds. The van der Waals surface area contributed by atoms with E-state index in [0.717, 1.165) is 16.7 Å². The van der Waals surface area contributed by atoms with Crippen LogP contribution in [0.15, 0.2) is 73.1 Å². The summed E-state index contributed by atoms with van der Waals surface area (Å²) in [7, 11) is 0. The van der Waals surface area contributed by atoms with Crippen LogP contribution in [0.4, 0.5) is 0 Å². The van der Waals surface area contributed by atoms with Gasteiger partial charge in [0.2, 0.25) is 0 Å². The Morgan fingerprint density at radius 3 is 2.28 bits per heavy atom. The molecule has 1 heterocycles. The molecule has 0 aliphatic rings. The molecule has 1 aromatic heterocycles. The number of amides is 1. The number of benzene rings is 2. The fourth-order valence-corrected chi connectivity index (χ4v) is 2.65. The summed E-state index contributed by atoms with van der Waals surface area (Å²) in [6.45, 7) is 4.87. The van der Waals surface area contributed by atoms with E-state index >= 15 is 0 Å². The minimum atomic E-state index is -0.0642. The summed E-state index contributed by atoms with van der Waals surface area (Å²) in [6.07, 6.45) is 3.56. The van der Waals surface area contributed by atoms with Gasteiger partial charge in [0.1, 0.15) is 0 Å². The van der Waals surface area contributed by atoms with Crippen molar-refractivity contribution >= 4 is 5.91 Å². The van der Waals surface area contributed by atoms with E-state index in [9.17, 15) is 4.79 Å². The fraction of sp³-hybridized carbons (Fsp3) is 0.182. The Hall–Kier alpha value is -2.94. The van der Waals surface area contributed by atoms with E-state index in [1.165, 1.54) is 5.56 Å². The maximum atomic E-state index is 12.3. The zero-order valence-corrected chi connectivity index (χ0v) is 14.6. The Labute approximate surface area is 148 Å². The van der Waals surface area contributed by atoms with Gasteiger partial charge in [-0.05, 0) is 46.4 Å². The maximum Gasteiger partial charge on any atom is 0.251 e. The van der Waals surface area contributed by atoms with E-state index in [2.05, 4.69) is 48.4 Å². The first-order chi connectivity index (χ1) is 12.1. The van der Waals surface area contributed by atoms with Crippen molar-refractivity contribution in [3.05, 3.63) is 89.7 Å². The summed E-state index contributed by atoms with van der Waals surface area (Å²) in [5, 5.41) is 2.97. The van der Waals surface area contributed by atoms with Crippen molar-refractivity contribution in [2.75, 3.05) is 0 Å². The molecule has 0 saturated carbocycles. The Bertz CT molecular complexity index is 822. The number of hydrogen-bond donors (Lipinski definition) is 1. The second-order valence-electron chi connectivity index (χ2n) is 6.40. The monoisotopic (exact) mass is 330 g/mol. The molecular formula is C22H22N2O. The molecule has 1 N–H and O–H groups in total. The first-order valence-electron chi connectivity index (χ1n) is 8.51. The third-order valence-electron chi connectivity index (χ3n) is 4.24. The van der Waals surface area contributed by atoms with Gasteiger partial charge in [0.05, 0.1) is 0 Å². The van der Waals surface area contributed by atoms with Crippen molar-refractivity contribution in [1.82, 2.24) is 10.3 Å². The van der Waals surface area contributed by atoms with E-state index in [0.29, 0.717) is 18.0 Å². The number of pyridine rings is 1. The smallest absolute Gasteiger partial charge is 0.251 e. The summed E-state index contributed by atoms with van der Waals surface area (Å²) in [4.78, 5) is 16.4. The number of nitrogens with zero attached hydrogens (tertiary/aromatic N) is 1. The highest BCUT2D eigenvalue weighted by Crippen LogP contribution is 2.18. The standard InChI is InChI=1S/C22H22N2O/c1-16(2)18-7-5-17(6-8-18)14-24-22(25)20-11-9-19(10-12-20)21-4-3-13-23-15-21/h3-13,15-16H,14H2,1-2H3,(H,24,25). The largest absolute Gasteiger partial charge is 0.348 e. The van der Waals surface area contributed by atoms with Gasteiger partial charge in [0.25, 0.3) is 5.91 Å². The molecule has 2 aromatic carbocycles. The number of aromatic nitrogens is 1. The predicted octanol–water partition coefficient (Wildman–Crippen LogP) is 4.80. The Kier molecular flexibility index (Phi) is 5.24. The lowest BCUT2D eigenvalue weighted by Gasteiger charge is -2.09. The molecule has 0 spiro atoms. The zero-order valence-electron chi connectivity index (χ0n) is 14.6. The second-order valence-corrected chi connectivity index (χ2v) is 6.40. The lowest BCUT2D eigenvalue weighted by Crippen LogP contribution is -2.22. The van der Waals surface area contributed by atoms with Crippen molar-refractivity contribution in [3.63, 3.8) is 0 Å². The van der Waals surface area contributed by atoms with Crippen LogP contribution in [0.25, 0.3) is 11.1 Å². The number of carbonyl (C=O) groups is 1. The Balaban J connectivity index is 1.61. The molecule has 3 heteroatoms. The lowest BCUT2D eigenvalue weighted by molar-refractivity contribution is 0.0951. The first kappa shape index (κ1) is 16.9. The van der Waals surface area contributed by atoms with Crippen LogP contribution in [-0.4, -0.2) is 10.9 Å². The average molecular weight is 330 g/mol. The first-order valence-corrected chi connectivity index (χ1v) is 8.51. The molecule has 3 aromatic rings. The van der Waals surface area contributed by atoms with Gasteiger partial charge in [-0.2, -0.15) is 0 Å². The van der Waals surface area contributed by atoms with Crippen LogP contribution in [0.5, 0.6) is 0 Å². The lowest BCUT2D eigenvalue weighted by atomic mass is 10.0. The van der Waals surface area contributed by atoms with Crippen LogP contribution in [0, 0.1) is 0 Å². The van der Waals surface area contributed by atoms with Gasteiger partial charge < -0.3 is 5.32 Å². The van der Waals surface area contributed by atoms with Crippen LogP contribution >= 0.6 is 0 Å². The van der Waals surface area contributed by atoms with Gasteiger partial charge in [0.15, 0.2) is 0 Å². The van der Waals surface area contributed by atoms with Gasteiger partial charge >= 0.3 is 0 Å². The van der Waals surface area contributed by atoms with Gasteiger partial charge in [-0.1, -0.05) is 56.3 Å². The van der Waals surface area contributed by atoms with Crippen LogP contribution in [0.1, 0.15) is 41.3 Å². The fourth-order valence-electron chi connectivity index (χ4n) is 2.65. The molecule has 0 bridgehead atoms. The molecule has 0 atom stereocenters. The molecule has 0 saturated heterocycles. The van der Waals surface area contributed by atoms with Crippen LogP contribution in [0.3, 0.4) is 0 Å². The van der Waals surface area contributed by atoms with Crippen molar-refractivity contribution < 1.29 is 4.79 Å². The highest BCUT2D eigenvalue weighted by molar-refractivity contribution is 5.94. The minimum Gasteiger partial charge on any atom is -0.348 e. The molecule has 3 nitrogen and oxygen atoms in total. The number of rotatable bonds is 5. The van der Waals surface area contributed by atoms with E-state index in [1.54, 1.807) is 6.20 Å². The second kappa shape index (κ2) is 7.75.